The summed E-state index contributed by atoms with van der Waals surface area (Å²) < 4.78 is 10.8. The maximum atomic E-state index is 13.0. The lowest BCUT2D eigenvalue weighted by Crippen LogP contribution is -2.32. The molecule has 0 spiro atoms. The number of anilines is 1. The van der Waals surface area contributed by atoms with Gasteiger partial charge in [0.25, 0.3) is 11.8 Å². The lowest BCUT2D eigenvalue weighted by atomic mass is 10.1. The number of carbonyl (C=O) groups excluding carboxylic acids is 2. The summed E-state index contributed by atoms with van der Waals surface area (Å²) in [6, 6.07) is 23.7. The summed E-state index contributed by atoms with van der Waals surface area (Å²) in [5.41, 5.74) is 1.90. The average molecular weight is 418 g/mol. The third-order valence-corrected chi connectivity index (χ3v) is 4.77. The van der Waals surface area contributed by atoms with Gasteiger partial charge in [0.2, 0.25) is 0 Å². The van der Waals surface area contributed by atoms with Crippen molar-refractivity contribution in [2.24, 2.45) is 0 Å². The molecule has 0 bridgehead atoms. The number of amides is 2. The van der Waals surface area contributed by atoms with Crippen molar-refractivity contribution >= 4 is 17.5 Å². The average Bonchev–Trinajstić information content (AvgIpc) is 2.80. The fourth-order valence-corrected chi connectivity index (χ4v) is 3.06. The van der Waals surface area contributed by atoms with Crippen LogP contribution >= 0.6 is 0 Å². The van der Waals surface area contributed by atoms with Gasteiger partial charge in [-0.2, -0.15) is 0 Å². The van der Waals surface area contributed by atoms with Gasteiger partial charge in [0, 0.05) is 13.6 Å². The number of methoxy groups -OCH3 is 1. The molecule has 0 aliphatic rings. The van der Waals surface area contributed by atoms with Crippen LogP contribution in [0.2, 0.25) is 0 Å². The molecule has 0 heterocycles. The predicted molar refractivity (Wildman–Crippen MR) is 120 cm³/mol. The Balaban J connectivity index is 1.67. The Morgan fingerprint density at radius 2 is 1.52 bits per heavy atom. The summed E-state index contributed by atoms with van der Waals surface area (Å²) in [6.45, 7) is 2.13. The van der Waals surface area contributed by atoms with Gasteiger partial charge in [-0.15, -0.1) is 0 Å². The van der Waals surface area contributed by atoms with Crippen molar-refractivity contribution < 1.29 is 19.1 Å². The normalized spacial score (nSPS) is 11.3. The van der Waals surface area contributed by atoms with Crippen LogP contribution in [-0.4, -0.2) is 37.0 Å². The molecule has 0 aliphatic carbocycles. The first-order valence-corrected chi connectivity index (χ1v) is 9.98. The summed E-state index contributed by atoms with van der Waals surface area (Å²) in [7, 11) is 3.32. The largest absolute Gasteiger partial charge is 0.497 e. The Kier molecular flexibility index (Phi) is 7.27. The van der Waals surface area contributed by atoms with Crippen molar-refractivity contribution in [2.75, 3.05) is 19.5 Å². The fraction of sp³-hybridized carbons (Fsp3) is 0.200. The molecule has 0 aliphatic heterocycles. The van der Waals surface area contributed by atoms with Gasteiger partial charge >= 0.3 is 0 Å². The molecule has 0 saturated carbocycles. The van der Waals surface area contributed by atoms with Gasteiger partial charge in [0.15, 0.2) is 6.10 Å². The van der Waals surface area contributed by atoms with Crippen molar-refractivity contribution in [3.63, 3.8) is 0 Å². The lowest BCUT2D eigenvalue weighted by Gasteiger charge is -2.20. The number of ether oxygens (including phenoxy) is 2. The van der Waals surface area contributed by atoms with Gasteiger partial charge < -0.3 is 19.7 Å². The van der Waals surface area contributed by atoms with Gasteiger partial charge in [0.05, 0.1) is 18.4 Å². The quantitative estimate of drug-likeness (QED) is 0.590. The van der Waals surface area contributed by atoms with Crippen LogP contribution in [0.3, 0.4) is 0 Å². The predicted octanol–water partition coefficient (Wildman–Crippen LogP) is 4.37. The van der Waals surface area contributed by atoms with Crippen LogP contribution in [0.4, 0.5) is 5.69 Å². The van der Waals surface area contributed by atoms with Gasteiger partial charge in [-0.25, -0.2) is 0 Å². The molecule has 3 rings (SSSR count). The number of hydrogen-bond donors (Lipinski definition) is 1. The summed E-state index contributed by atoms with van der Waals surface area (Å²) in [5.74, 6) is 0.734. The summed E-state index contributed by atoms with van der Waals surface area (Å²) in [6.07, 6.45) is -0.751. The van der Waals surface area contributed by atoms with Crippen molar-refractivity contribution in [1.82, 2.24) is 4.90 Å². The third kappa shape index (κ3) is 5.85. The first-order valence-electron chi connectivity index (χ1n) is 9.98. The van der Waals surface area contributed by atoms with Crippen molar-refractivity contribution in [2.45, 2.75) is 19.6 Å². The zero-order chi connectivity index (χ0) is 22.2. The first-order chi connectivity index (χ1) is 15.0. The highest BCUT2D eigenvalue weighted by atomic mass is 16.5. The Morgan fingerprint density at radius 1 is 0.903 bits per heavy atom. The number of rotatable bonds is 8. The molecule has 1 N–H and O–H groups in total. The minimum Gasteiger partial charge on any atom is -0.497 e. The minimum atomic E-state index is -0.751. The number of carbonyl (C=O) groups is 2. The van der Waals surface area contributed by atoms with E-state index in [9.17, 15) is 9.59 Å². The van der Waals surface area contributed by atoms with Gasteiger partial charge in [-0.05, 0) is 48.9 Å². The van der Waals surface area contributed by atoms with Gasteiger partial charge in [-0.3, -0.25) is 9.59 Å². The van der Waals surface area contributed by atoms with Crippen LogP contribution in [0.1, 0.15) is 22.8 Å². The highest BCUT2D eigenvalue weighted by molar-refractivity contribution is 6.04. The number of nitrogens with zero attached hydrogens (tertiary/aromatic N) is 1. The van der Waals surface area contributed by atoms with Crippen LogP contribution in [0.15, 0.2) is 78.9 Å². The van der Waals surface area contributed by atoms with E-state index in [4.69, 9.17) is 9.47 Å². The zero-order valence-electron chi connectivity index (χ0n) is 17.9. The maximum absolute atomic E-state index is 13.0. The molecule has 0 aromatic heterocycles. The second kappa shape index (κ2) is 10.3. The highest BCUT2D eigenvalue weighted by Gasteiger charge is 2.20. The van der Waals surface area contributed by atoms with Crippen molar-refractivity contribution in [1.29, 1.82) is 0 Å². The SMILES string of the molecule is COc1ccc(OC(C)C(=O)Nc2ccccc2C(=O)N(C)Cc2ccccc2)cc1. The molecule has 31 heavy (non-hydrogen) atoms. The molecule has 1 unspecified atom stereocenters. The summed E-state index contributed by atoms with van der Waals surface area (Å²) in [4.78, 5) is 27.3. The molecule has 0 radical (unpaired) electrons. The number of benzene rings is 3. The van der Waals surface area contributed by atoms with E-state index in [1.807, 2.05) is 30.3 Å². The number of nitrogens with one attached hydrogen (secondary N) is 1. The fourth-order valence-electron chi connectivity index (χ4n) is 3.06. The lowest BCUT2D eigenvalue weighted by molar-refractivity contribution is -0.122. The second-order valence-corrected chi connectivity index (χ2v) is 7.12. The molecular weight excluding hydrogens is 392 g/mol. The molecule has 0 saturated heterocycles. The van der Waals surface area contributed by atoms with Gasteiger partial charge in [0.1, 0.15) is 11.5 Å². The van der Waals surface area contributed by atoms with Crippen LogP contribution < -0.4 is 14.8 Å². The standard InChI is InChI=1S/C25H26N2O4/c1-18(31-21-15-13-20(30-3)14-16-21)24(28)26-23-12-8-7-11-22(23)25(29)27(2)17-19-9-5-4-6-10-19/h4-16,18H,17H2,1-3H3,(H,26,28). The zero-order valence-corrected chi connectivity index (χ0v) is 17.9. The van der Waals surface area contributed by atoms with E-state index in [0.717, 1.165) is 5.56 Å². The van der Waals surface area contributed by atoms with Gasteiger partial charge in [-0.1, -0.05) is 42.5 Å². The summed E-state index contributed by atoms with van der Waals surface area (Å²) >= 11 is 0. The highest BCUT2D eigenvalue weighted by Crippen LogP contribution is 2.21. The van der Waals surface area contributed by atoms with Crippen LogP contribution in [0.25, 0.3) is 0 Å². The van der Waals surface area contributed by atoms with E-state index in [0.29, 0.717) is 29.3 Å². The van der Waals surface area contributed by atoms with Crippen LogP contribution in [-0.2, 0) is 11.3 Å². The monoisotopic (exact) mass is 418 g/mol. The maximum Gasteiger partial charge on any atom is 0.265 e. The first kappa shape index (κ1) is 21.9. The van der Waals surface area contributed by atoms with Crippen molar-refractivity contribution in [3.8, 4) is 11.5 Å². The molecule has 2 amide bonds. The molecule has 6 heteroatoms. The van der Waals surface area contributed by atoms with Crippen LogP contribution in [0, 0.1) is 0 Å². The topological polar surface area (TPSA) is 67.9 Å². The summed E-state index contributed by atoms with van der Waals surface area (Å²) in [5, 5.41) is 2.82. The molecule has 0 fully saturated rings. The second-order valence-electron chi connectivity index (χ2n) is 7.12. The molecular formula is C25H26N2O4. The Hall–Kier alpha value is -3.80. The van der Waals surface area contributed by atoms with Crippen LogP contribution in [0.5, 0.6) is 11.5 Å². The Labute approximate surface area is 182 Å². The van der Waals surface area contributed by atoms with E-state index in [1.54, 1.807) is 74.5 Å². The van der Waals surface area contributed by atoms with E-state index >= 15 is 0 Å². The Bertz CT molecular complexity index is 1020. The van der Waals surface area contributed by atoms with E-state index in [1.165, 1.54) is 0 Å². The molecule has 3 aromatic carbocycles. The minimum absolute atomic E-state index is 0.177. The molecule has 6 nitrogen and oxygen atoms in total. The number of para-hydroxylation sites is 1. The third-order valence-electron chi connectivity index (χ3n) is 4.77. The van der Waals surface area contributed by atoms with Crippen molar-refractivity contribution in [3.05, 3.63) is 90.0 Å². The molecule has 3 aromatic rings. The number of hydrogen-bond acceptors (Lipinski definition) is 4. The van der Waals surface area contributed by atoms with E-state index < -0.39 is 6.10 Å². The molecule has 160 valence electrons. The Morgan fingerprint density at radius 3 is 2.19 bits per heavy atom. The smallest absolute Gasteiger partial charge is 0.265 e. The molecule has 1 atom stereocenters. The van der Waals surface area contributed by atoms with E-state index in [2.05, 4.69) is 5.32 Å². The van der Waals surface area contributed by atoms with E-state index in [-0.39, 0.29) is 11.8 Å².